The zero-order valence-corrected chi connectivity index (χ0v) is 23.5. The smallest absolute Gasteiger partial charge is 0.408 e. The molecule has 0 bridgehead atoms. The standard InChI is InChI=1S/C30H33N3O7/c1-7-30(39-26(35)23(16(2)3)32-28(37)40-29(4,5)6)20-13-22-24-18(12-17-10-8-9-11-21(17)31-24)14-33(22)25(34)19(20)15-38-27(30)36/h8-13,16,23H,7,14-15H2,1-6H3,(H,32,37)/t23-,30?/m0/s1. The van der Waals surface area contributed by atoms with Crippen LogP contribution in [0.1, 0.15) is 64.7 Å². The van der Waals surface area contributed by atoms with Gasteiger partial charge in [-0.15, -0.1) is 0 Å². The number of hydrogen-bond acceptors (Lipinski definition) is 8. The fraction of sp³-hybridized carbons (Fsp3) is 0.433. The van der Waals surface area contributed by atoms with Crippen molar-refractivity contribution in [2.45, 2.75) is 78.4 Å². The van der Waals surface area contributed by atoms with E-state index in [-0.39, 0.29) is 35.6 Å². The molecule has 3 aromatic rings. The fourth-order valence-corrected chi connectivity index (χ4v) is 5.25. The Bertz CT molecular complexity index is 1600. The third kappa shape index (κ3) is 4.61. The number of esters is 2. The Morgan fingerprint density at radius 3 is 2.58 bits per heavy atom. The average molecular weight is 548 g/mol. The summed E-state index contributed by atoms with van der Waals surface area (Å²) in [6, 6.07) is 10.3. The summed E-state index contributed by atoms with van der Waals surface area (Å²) >= 11 is 0. The maximum absolute atomic E-state index is 13.7. The van der Waals surface area contributed by atoms with Crippen LogP contribution in [0.4, 0.5) is 4.79 Å². The third-order valence-electron chi connectivity index (χ3n) is 7.25. The van der Waals surface area contributed by atoms with Crippen LogP contribution >= 0.6 is 0 Å². The zero-order valence-electron chi connectivity index (χ0n) is 23.5. The Labute approximate surface area is 231 Å². The molecule has 1 unspecified atom stereocenters. The van der Waals surface area contributed by atoms with Crippen molar-refractivity contribution in [1.82, 2.24) is 14.9 Å². The lowest BCUT2D eigenvalue weighted by atomic mass is 9.85. The van der Waals surface area contributed by atoms with Crippen LogP contribution in [0, 0.1) is 5.92 Å². The predicted octanol–water partition coefficient (Wildman–Crippen LogP) is 4.18. The summed E-state index contributed by atoms with van der Waals surface area (Å²) in [6.07, 6.45) is -0.769. The van der Waals surface area contributed by atoms with E-state index in [9.17, 15) is 19.2 Å². The van der Waals surface area contributed by atoms with E-state index in [1.165, 1.54) is 0 Å². The molecule has 0 radical (unpaired) electrons. The topological polar surface area (TPSA) is 126 Å². The average Bonchev–Trinajstić information content (AvgIpc) is 3.24. The van der Waals surface area contributed by atoms with Crippen molar-refractivity contribution in [3.05, 3.63) is 63.4 Å². The molecular weight excluding hydrogens is 514 g/mol. The van der Waals surface area contributed by atoms with Gasteiger partial charge >= 0.3 is 18.0 Å². The molecule has 1 amide bonds. The molecule has 2 atom stereocenters. The number of fused-ring (bicyclic) bond motifs is 5. The molecule has 0 aliphatic carbocycles. The SMILES string of the molecule is CCC1(OC(=O)[C@@H](NC(=O)OC(C)(C)C)C(C)C)C(=O)OCc2c1cc1n(c2=O)Cc2cc3ccccc3nc2-1. The van der Waals surface area contributed by atoms with Gasteiger partial charge in [-0.1, -0.05) is 39.0 Å². The normalized spacial score (nSPS) is 18.4. The zero-order chi connectivity index (χ0) is 29.0. The number of pyridine rings is 2. The third-order valence-corrected chi connectivity index (χ3v) is 7.25. The molecule has 40 heavy (non-hydrogen) atoms. The van der Waals surface area contributed by atoms with Crippen LogP contribution in [0.5, 0.6) is 0 Å². The first kappa shape index (κ1) is 27.4. The number of nitrogens with one attached hydrogen (secondary N) is 1. The number of carbonyl (C=O) groups excluding carboxylic acids is 3. The molecule has 0 fully saturated rings. The highest BCUT2D eigenvalue weighted by molar-refractivity contribution is 5.90. The minimum Gasteiger partial charge on any atom is -0.457 e. The van der Waals surface area contributed by atoms with Crippen LogP contribution in [0.2, 0.25) is 0 Å². The quantitative estimate of drug-likeness (QED) is 0.291. The lowest BCUT2D eigenvalue weighted by Gasteiger charge is -2.37. The van der Waals surface area contributed by atoms with Gasteiger partial charge in [0.25, 0.3) is 5.56 Å². The largest absolute Gasteiger partial charge is 0.457 e. The first-order chi connectivity index (χ1) is 18.8. The minimum absolute atomic E-state index is 0.0166. The number of aromatic nitrogens is 2. The number of amides is 1. The molecule has 1 N–H and O–H groups in total. The second kappa shape index (κ2) is 9.76. The van der Waals surface area contributed by atoms with Gasteiger partial charge in [0.15, 0.2) is 0 Å². The van der Waals surface area contributed by atoms with Gasteiger partial charge in [-0.3, -0.25) is 4.79 Å². The van der Waals surface area contributed by atoms with Gasteiger partial charge in [-0.25, -0.2) is 19.4 Å². The van der Waals surface area contributed by atoms with Crippen LogP contribution in [-0.4, -0.2) is 39.2 Å². The number of para-hydroxylation sites is 1. The van der Waals surface area contributed by atoms with Crippen molar-refractivity contribution < 1.29 is 28.6 Å². The minimum atomic E-state index is -1.87. The van der Waals surface area contributed by atoms with E-state index in [0.717, 1.165) is 16.5 Å². The summed E-state index contributed by atoms with van der Waals surface area (Å²) in [5, 5.41) is 3.52. The Kier molecular flexibility index (Phi) is 6.68. The van der Waals surface area contributed by atoms with Gasteiger partial charge in [-0.05, 0) is 51.3 Å². The van der Waals surface area contributed by atoms with Crippen molar-refractivity contribution in [2.75, 3.05) is 0 Å². The Morgan fingerprint density at radius 1 is 1.18 bits per heavy atom. The van der Waals surface area contributed by atoms with Crippen molar-refractivity contribution in [3.63, 3.8) is 0 Å². The molecule has 2 aromatic heterocycles. The maximum Gasteiger partial charge on any atom is 0.408 e. The van der Waals surface area contributed by atoms with Crippen LogP contribution in [0.3, 0.4) is 0 Å². The van der Waals surface area contributed by atoms with E-state index in [4.69, 9.17) is 19.2 Å². The molecular formula is C30H33N3O7. The lowest BCUT2D eigenvalue weighted by molar-refractivity contribution is -0.191. The van der Waals surface area contributed by atoms with Gasteiger partial charge in [-0.2, -0.15) is 0 Å². The monoisotopic (exact) mass is 547 g/mol. The number of cyclic esters (lactones) is 1. The number of benzene rings is 1. The van der Waals surface area contributed by atoms with Crippen molar-refractivity contribution >= 4 is 28.9 Å². The van der Waals surface area contributed by atoms with Crippen molar-refractivity contribution in [3.8, 4) is 11.4 Å². The summed E-state index contributed by atoms with van der Waals surface area (Å²) in [4.78, 5) is 57.9. The molecule has 10 nitrogen and oxygen atoms in total. The van der Waals surface area contributed by atoms with Crippen LogP contribution in [0.15, 0.2) is 41.2 Å². The number of carbonyl (C=O) groups is 3. The number of hydrogen-bond donors (Lipinski definition) is 1. The van der Waals surface area contributed by atoms with E-state index in [0.29, 0.717) is 17.9 Å². The van der Waals surface area contributed by atoms with Crippen LogP contribution in [-0.2, 0) is 42.6 Å². The summed E-state index contributed by atoms with van der Waals surface area (Å²) < 4.78 is 18.3. The molecule has 1 aromatic carbocycles. The van der Waals surface area contributed by atoms with Crippen LogP contribution in [0.25, 0.3) is 22.3 Å². The van der Waals surface area contributed by atoms with Gasteiger partial charge in [0.1, 0.15) is 18.2 Å². The molecule has 4 heterocycles. The van der Waals surface area contributed by atoms with Gasteiger partial charge in [0.2, 0.25) is 5.60 Å². The Morgan fingerprint density at radius 2 is 1.90 bits per heavy atom. The summed E-state index contributed by atoms with van der Waals surface area (Å²) in [5.74, 6) is -2.00. The number of ether oxygens (including phenoxy) is 3. The van der Waals surface area contributed by atoms with Crippen LogP contribution < -0.4 is 10.9 Å². The molecule has 0 saturated carbocycles. The first-order valence-electron chi connectivity index (χ1n) is 13.4. The molecule has 0 spiro atoms. The highest BCUT2D eigenvalue weighted by Gasteiger charge is 2.51. The summed E-state index contributed by atoms with van der Waals surface area (Å²) in [7, 11) is 0. The van der Waals surface area contributed by atoms with E-state index in [2.05, 4.69) is 5.32 Å². The number of nitrogens with zero attached hydrogens (tertiary/aromatic N) is 2. The Hall–Kier alpha value is -4.21. The van der Waals surface area contributed by atoms with Gasteiger partial charge < -0.3 is 24.1 Å². The van der Waals surface area contributed by atoms with Crippen molar-refractivity contribution in [2.24, 2.45) is 5.92 Å². The van der Waals surface area contributed by atoms with E-state index >= 15 is 0 Å². The summed E-state index contributed by atoms with van der Waals surface area (Å²) in [5.41, 5.74) is 0.386. The molecule has 5 rings (SSSR count). The summed E-state index contributed by atoms with van der Waals surface area (Å²) in [6.45, 7) is 10.4. The highest BCUT2D eigenvalue weighted by atomic mass is 16.6. The molecule has 2 aliphatic heterocycles. The molecule has 0 saturated heterocycles. The van der Waals surface area contributed by atoms with E-state index < -0.39 is 35.3 Å². The molecule has 10 heteroatoms. The van der Waals surface area contributed by atoms with Gasteiger partial charge in [0.05, 0.1) is 29.0 Å². The number of rotatable bonds is 5. The second-order valence-corrected chi connectivity index (χ2v) is 11.5. The highest BCUT2D eigenvalue weighted by Crippen LogP contribution is 2.41. The van der Waals surface area contributed by atoms with Gasteiger partial charge in [0, 0.05) is 16.5 Å². The fourth-order valence-electron chi connectivity index (χ4n) is 5.25. The lowest BCUT2D eigenvalue weighted by Crippen LogP contribution is -2.53. The van der Waals surface area contributed by atoms with E-state index in [1.807, 2.05) is 30.3 Å². The van der Waals surface area contributed by atoms with E-state index in [1.54, 1.807) is 52.2 Å². The Balaban J connectivity index is 1.57. The first-order valence-corrected chi connectivity index (χ1v) is 13.4. The molecule has 2 aliphatic rings. The maximum atomic E-state index is 13.7. The predicted molar refractivity (Wildman–Crippen MR) is 146 cm³/mol. The number of alkyl carbamates (subject to hydrolysis) is 1. The second-order valence-electron chi connectivity index (χ2n) is 11.5. The van der Waals surface area contributed by atoms with Crippen molar-refractivity contribution in [1.29, 1.82) is 0 Å². The molecule has 210 valence electrons.